The van der Waals surface area contributed by atoms with Crippen molar-refractivity contribution in [3.05, 3.63) is 57.8 Å². The number of carbonyl (C=O) groups is 1. The van der Waals surface area contributed by atoms with Gasteiger partial charge in [-0.15, -0.1) is 0 Å². The summed E-state index contributed by atoms with van der Waals surface area (Å²) in [5.74, 6) is 0.571. The summed E-state index contributed by atoms with van der Waals surface area (Å²) in [5, 5.41) is 20.1. The van der Waals surface area contributed by atoms with E-state index in [9.17, 15) is 20.2 Å². The molecule has 1 fully saturated rings. The summed E-state index contributed by atoms with van der Waals surface area (Å²) in [6.07, 6.45) is 1.43. The van der Waals surface area contributed by atoms with Gasteiger partial charge in [0.25, 0.3) is 11.6 Å². The zero-order valence-electron chi connectivity index (χ0n) is 14.8. The van der Waals surface area contributed by atoms with Crippen LogP contribution in [0.5, 0.6) is 0 Å². The van der Waals surface area contributed by atoms with Crippen molar-refractivity contribution >= 4 is 17.7 Å². The highest BCUT2D eigenvalue weighted by Crippen LogP contribution is 2.25. The molecule has 27 heavy (non-hydrogen) atoms. The van der Waals surface area contributed by atoms with Crippen LogP contribution in [0.1, 0.15) is 5.76 Å². The van der Waals surface area contributed by atoms with Crippen molar-refractivity contribution in [2.24, 2.45) is 0 Å². The van der Waals surface area contributed by atoms with Gasteiger partial charge in [-0.1, -0.05) is 0 Å². The lowest BCUT2D eigenvalue weighted by Crippen LogP contribution is -2.47. The van der Waals surface area contributed by atoms with Gasteiger partial charge < -0.3 is 14.2 Å². The van der Waals surface area contributed by atoms with Crippen LogP contribution in [-0.4, -0.2) is 53.9 Å². The van der Waals surface area contributed by atoms with Gasteiger partial charge in [0, 0.05) is 50.0 Å². The maximum atomic E-state index is 12.5. The molecule has 0 atom stereocenters. The molecular weight excluding hydrogens is 348 g/mol. The molecule has 1 saturated heterocycles. The van der Waals surface area contributed by atoms with Crippen LogP contribution in [0.3, 0.4) is 0 Å². The van der Waals surface area contributed by atoms with E-state index >= 15 is 0 Å². The van der Waals surface area contributed by atoms with E-state index in [1.54, 1.807) is 29.2 Å². The minimum atomic E-state index is -0.469. The van der Waals surface area contributed by atoms with Gasteiger partial charge in [-0.05, 0) is 31.3 Å². The van der Waals surface area contributed by atoms with Gasteiger partial charge in [0.15, 0.2) is 0 Å². The number of nitro benzene ring substituents is 1. The number of non-ortho nitro benzene ring substituents is 1. The Morgan fingerprint density at radius 2 is 1.85 bits per heavy atom. The fraction of sp³-hybridized carbons (Fsp3) is 0.263. The van der Waals surface area contributed by atoms with Gasteiger partial charge in [-0.3, -0.25) is 14.9 Å². The Hall–Kier alpha value is -3.44. The minimum Gasteiger partial charge on any atom is -0.457 e. The van der Waals surface area contributed by atoms with Gasteiger partial charge in [-0.2, -0.15) is 5.26 Å². The van der Waals surface area contributed by atoms with Crippen LogP contribution in [0, 0.1) is 21.4 Å². The fourth-order valence-electron chi connectivity index (χ4n) is 2.80. The second-order valence-electron chi connectivity index (χ2n) is 6.27. The molecule has 2 aromatic rings. The molecule has 0 radical (unpaired) electrons. The maximum absolute atomic E-state index is 12.5. The van der Waals surface area contributed by atoms with E-state index in [0.29, 0.717) is 30.2 Å². The minimum absolute atomic E-state index is 0.00466. The Bertz CT molecular complexity index is 916. The summed E-state index contributed by atoms with van der Waals surface area (Å²) in [4.78, 5) is 26.6. The van der Waals surface area contributed by atoms with Crippen LogP contribution >= 0.6 is 0 Å². The number of rotatable bonds is 4. The summed E-state index contributed by atoms with van der Waals surface area (Å²) < 4.78 is 5.68. The highest BCUT2D eigenvalue weighted by atomic mass is 16.6. The largest absolute Gasteiger partial charge is 0.457 e. The Balaban J connectivity index is 1.77. The lowest BCUT2D eigenvalue weighted by Gasteiger charge is -2.32. The average Bonchev–Trinajstić information content (AvgIpc) is 3.15. The second kappa shape index (κ2) is 7.85. The van der Waals surface area contributed by atoms with E-state index in [1.807, 2.05) is 13.1 Å². The molecule has 138 valence electrons. The summed E-state index contributed by atoms with van der Waals surface area (Å²) >= 11 is 0. The highest BCUT2D eigenvalue weighted by Gasteiger charge is 2.22. The van der Waals surface area contributed by atoms with E-state index in [1.165, 1.54) is 18.2 Å². The van der Waals surface area contributed by atoms with Crippen LogP contribution in [0.25, 0.3) is 17.4 Å². The summed E-state index contributed by atoms with van der Waals surface area (Å²) in [6, 6.07) is 11.3. The first-order valence-corrected chi connectivity index (χ1v) is 8.42. The molecule has 0 unspecified atom stereocenters. The molecule has 0 aliphatic carbocycles. The van der Waals surface area contributed by atoms with Crippen LogP contribution in [0.2, 0.25) is 0 Å². The predicted molar refractivity (Wildman–Crippen MR) is 98.5 cm³/mol. The lowest BCUT2D eigenvalue weighted by atomic mass is 10.1. The Morgan fingerprint density at radius 1 is 1.19 bits per heavy atom. The average molecular weight is 366 g/mol. The number of benzene rings is 1. The number of amides is 1. The van der Waals surface area contributed by atoms with Crippen molar-refractivity contribution in [1.82, 2.24) is 9.80 Å². The third-order valence-corrected chi connectivity index (χ3v) is 4.42. The van der Waals surface area contributed by atoms with Crippen LogP contribution < -0.4 is 0 Å². The van der Waals surface area contributed by atoms with Gasteiger partial charge in [0.05, 0.1) is 4.92 Å². The SMILES string of the molecule is CN1CCN(C(=O)/C(C#N)=C\c2ccc(-c3ccc([N+](=O)[O-])cc3)o2)CC1. The van der Waals surface area contributed by atoms with Crippen LogP contribution in [0.15, 0.2) is 46.4 Å². The highest BCUT2D eigenvalue weighted by molar-refractivity contribution is 6.01. The molecule has 1 aromatic carbocycles. The number of nitrogens with zero attached hydrogens (tertiary/aromatic N) is 4. The van der Waals surface area contributed by atoms with Crippen molar-refractivity contribution in [3.8, 4) is 17.4 Å². The number of nitriles is 1. The van der Waals surface area contributed by atoms with E-state index in [4.69, 9.17) is 4.42 Å². The lowest BCUT2D eigenvalue weighted by molar-refractivity contribution is -0.384. The van der Waals surface area contributed by atoms with Crippen LogP contribution in [-0.2, 0) is 4.79 Å². The predicted octanol–water partition coefficient (Wildman–Crippen LogP) is 2.54. The zero-order chi connectivity index (χ0) is 19.4. The number of hydrogen-bond acceptors (Lipinski definition) is 6. The van der Waals surface area contributed by atoms with E-state index in [0.717, 1.165) is 13.1 Å². The van der Waals surface area contributed by atoms with Crippen LogP contribution in [0.4, 0.5) is 5.69 Å². The molecule has 2 heterocycles. The molecular formula is C19H18N4O4. The summed E-state index contributed by atoms with van der Waals surface area (Å²) in [5.41, 5.74) is 0.684. The molecule has 0 spiro atoms. The Labute approximate surface area is 156 Å². The molecule has 3 rings (SSSR count). The number of nitro groups is 1. The van der Waals surface area contributed by atoms with Crippen molar-refractivity contribution in [2.45, 2.75) is 0 Å². The Kier molecular flexibility index (Phi) is 5.33. The summed E-state index contributed by atoms with van der Waals surface area (Å²) in [6.45, 7) is 2.71. The molecule has 0 bridgehead atoms. The molecule has 1 aliphatic rings. The van der Waals surface area contributed by atoms with Gasteiger partial charge in [0.1, 0.15) is 23.2 Å². The van der Waals surface area contributed by atoms with E-state index in [2.05, 4.69) is 4.90 Å². The standard InChI is InChI=1S/C19H18N4O4/c1-21-8-10-22(11-9-21)19(24)15(13-20)12-17-6-7-18(27-17)14-2-4-16(5-3-14)23(25)26/h2-7,12H,8-11H2,1H3/b15-12-. The van der Waals surface area contributed by atoms with Crippen molar-refractivity contribution in [1.29, 1.82) is 5.26 Å². The third kappa shape index (κ3) is 4.22. The van der Waals surface area contributed by atoms with Gasteiger partial charge in [-0.25, -0.2) is 0 Å². The first kappa shape index (κ1) is 18.4. The number of likely N-dealkylation sites (N-methyl/N-ethyl adjacent to an activating group) is 1. The molecule has 1 amide bonds. The van der Waals surface area contributed by atoms with Crippen molar-refractivity contribution in [2.75, 3.05) is 33.2 Å². The second-order valence-corrected chi connectivity index (χ2v) is 6.27. The number of furan rings is 1. The number of piperazine rings is 1. The van der Waals surface area contributed by atoms with Gasteiger partial charge >= 0.3 is 0 Å². The normalized spacial score (nSPS) is 15.4. The summed E-state index contributed by atoms with van der Waals surface area (Å²) in [7, 11) is 1.99. The number of carbonyl (C=O) groups excluding carboxylic acids is 1. The number of hydrogen-bond donors (Lipinski definition) is 0. The first-order chi connectivity index (χ1) is 13.0. The van der Waals surface area contributed by atoms with Crippen molar-refractivity contribution in [3.63, 3.8) is 0 Å². The van der Waals surface area contributed by atoms with Gasteiger partial charge in [0.2, 0.25) is 0 Å². The molecule has 8 nitrogen and oxygen atoms in total. The maximum Gasteiger partial charge on any atom is 0.269 e. The smallest absolute Gasteiger partial charge is 0.269 e. The Morgan fingerprint density at radius 3 is 2.44 bits per heavy atom. The topological polar surface area (TPSA) is 104 Å². The quantitative estimate of drug-likeness (QED) is 0.356. The van der Waals surface area contributed by atoms with E-state index in [-0.39, 0.29) is 17.2 Å². The zero-order valence-corrected chi connectivity index (χ0v) is 14.8. The molecule has 0 N–H and O–H groups in total. The third-order valence-electron chi connectivity index (χ3n) is 4.42. The monoisotopic (exact) mass is 366 g/mol. The first-order valence-electron chi connectivity index (χ1n) is 8.42. The molecule has 8 heteroatoms. The molecule has 1 aliphatic heterocycles. The molecule has 1 aromatic heterocycles. The van der Waals surface area contributed by atoms with Crippen molar-refractivity contribution < 1.29 is 14.1 Å². The fourth-order valence-corrected chi connectivity index (χ4v) is 2.80. The van der Waals surface area contributed by atoms with E-state index < -0.39 is 4.92 Å². The molecule has 0 saturated carbocycles.